The van der Waals surface area contributed by atoms with Crippen molar-refractivity contribution in [3.8, 4) is 11.3 Å². The summed E-state index contributed by atoms with van der Waals surface area (Å²) in [6.07, 6.45) is 7.26. The summed E-state index contributed by atoms with van der Waals surface area (Å²) in [7, 11) is 0. The highest BCUT2D eigenvalue weighted by Gasteiger charge is 2.20. The smallest absolute Gasteiger partial charge is 0.139 e. The Hall–Kier alpha value is -2.29. The van der Waals surface area contributed by atoms with Crippen molar-refractivity contribution in [1.29, 1.82) is 0 Å². The van der Waals surface area contributed by atoms with Crippen LogP contribution in [0, 0.1) is 6.92 Å². The highest BCUT2D eigenvalue weighted by molar-refractivity contribution is 5.76. The van der Waals surface area contributed by atoms with E-state index < -0.39 is 0 Å². The summed E-state index contributed by atoms with van der Waals surface area (Å²) in [6, 6.07) is 15.4. The molecular formula is C19H21N3. The molecule has 0 aliphatic heterocycles. The van der Waals surface area contributed by atoms with Crippen LogP contribution in [0.2, 0.25) is 0 Å². The number of imidazole rings is 1. The van der Waals surface area contributed by atoms with Gasteiger partial charge in [0, 0.05) is 17.8 Å². The molecule has 0 atom stereocenters. The van der Waals surface area contributed by atoms with Gasteiger partial charge >= 0.3 is 0 Å². The molecule has 1 aliphatic rings. The molecule has 3 nitrogen and oxygen atoms in total. The summed E-state index contributed by atoms with van der Waals surface area (Å²) in [6.45, 7) is 2.12. The molecule has 0 saturated heterocycles. The molecule has 2 heterocycles. The second-order valence-corrected chi connectivity index (χ2v) is 6.23. The van der Waals surface area contributed by atoms with Crippen LogP contribution >= 0.6 is 0 Å². The normalized spacial score (nSPS) is 15.5. The minimum atomic E-state index is 0.573. The van der Waals surface area contributed by atoms with E-state index in [1.807, 2.05) is 6.07 Å². The van der Waals surface area contributed by atoms with Gasteiger partial charge in [0.05, 0.1) is 0 Å². The number of nitrogens with one attached hydrogen (secondary N) is 1. The highest BCUT2D eigenvalue weighted by atomic mass is 15.1. The predicted molar refractivity (Wildman–Crippen MR) is 91.2 cm³/mol. The van der Waals surface area contributed by atoms with Gasteiger partial charge in [-0.15, -0.1) is 0 Å². The zero-order valence-corrected chi connectivity index (χ0v) is 12.9. The molecule has 3 aromatic rings. The van der Waals surface area contributed by atoms with Gasteiger partial charge in [-0.25, -0.2) is 4.98 Å². The lowest BCUT2D eigenvalue weighted by Gasteiger charge is -2.14. The number of rotatable bonds is 3. The van der Waals surface area contributed by atoms with E-state index >= 15 is 0 Å². The summed E-state index contributed by atoms with van der Waals surface area (Å²) in [5, 5.41) is 3.75. The number of benzene rings is 1. The number of pyridine rings is 1. The Bertz CT molecular complexity index is 780. The van der Waals surface area contributed by atoms with E-state index in [-0.39, 0.29) is 0 Å². The fourth-order valence-corrected chi connectivity index (χ4v) is 3.31. The van der Waals surface area contributed by atoms with Crippen LogP contribution in [-0.2, 0) is 0 Å². The average molecular weight is 291 g/mol. The minimum Gasteiger partial charge on any atom is -0.367 e. The number of anilines is 1. The van der Waals surface area contributed by atoms with E-state index in [4.69, 9.17) is 4.98 Å². The molecule has 0 radical (unpaired) electrons. The van der Waals surface area contributed by atoms with E-state index in [1.165, 1.54) is 36.8 Å². The van der Waals surface area contributed by atoms with E-state index in [9.17, 15) is 0 Å². The first kappa shape index (κ1) is 13.4. The number of aromatic nitrogens is 2. The molecule has 112 valence electrons. The van der Waals surface area contributed by atoms with Gasteiger partial charge in [-0.05, 0) is 31.9 Å². The van der Waals surface area contributed by atoms with Crippen LogP contribution in [0.3, 0.4) is 0 Å². The fraction of sp³-hybridized carbons (Fsp3) is 0.316. The lowest BCUT2D eigenvalue weighted by molar-refractivity contribution is 0.749. The van der Waals surface area contributed by atoms with Crippen molar-refractivity contribution in [2.45, 2.75) is 38.6 Å². The zero-order chi connectivity index (χ0) is 14.9. The van der Waals surface area contributed by atoms with Crippen LogP contribution in [0.25, 0.3) is 16.9 Å². The average Bonchev–Trinajstić information content (AvgIpc) is 3.17. The lowest BCUT2D eigenvalue weighted by atomic mass is 10.1. The van der Waals surface area contributed by atoms with Crippen LogP contribution in [0.4, 0.5) is 5.82 Å². The number of aryl methyl sites for hydroxylation is 1. The number of fused-ring (bicyclic) bond motifs is 1. The second kappa shape index (κ2) is 5.48. The third kappa shape index (κ3) is 2.37. The van der Waals surface area contributed by atoms with Crippen LogP contribution in [0.5, 0.6) is 0 Å². The van der Waals surface area contributed by atoms with Crippen molar-refractivity contribution in [2.75, 3.05) is 5.32 Å². The van der Waals surface area contributed by atoms with Crippen molar-refractivity contribution in [2.24, 2.45) is 0 Å². The van der Waals surface area contributed by atoms with Crippen LogP contribution in [0.15, 0.2) is 48.7 Å². The fourth-order valence-electron chi connectivity index (χ4n) is 3.31. The Labute approximate surface area is 131 Å². The first-order chi connectivity index (χ1) is 10.8. The standard InChI is InChI=1S/C19H21N3/c1-14-9-11-15(12-10-14)18-19(20-16-6-2-3-7-16)22-13-5-4-8-17(22)21-18/h4-5,8-13,16,20H,2-3,6-7H2,1H3. The molecule has 0 bridgehead atoms. The van der Waals surface area contributed by atoms with Crippen LogP contribution in [-0.4, -0.2) is 15.4 Å². The zero-order valence-electron chi connectivity index (χ0n) is 12.9. The molecule has 1 aromatic carbocycles. The quantitative estimate of drug-likeness (QED) is 0.760. The van der Waals surface area contributed by atoms with Crippen molar-refractivity contribution in [3.05, 3.63) is 54.2 Å². The summed E-state index contributed by atoms with van der Waals surface area (Å²) in [4.78, 5) is 4.86. The van der Waals surface area contributed by atoms with E-state index in [0.717, 1.165) is 17.2 Å². The maximum atomic E-state index is 4.86. The van der Waals surface area contributed by atoms with Crippen molar-refractivity contribution in [3.63, 3.8) is 0 Å². The van der Waals surface area contributed by atoms with Crippen molar-refractivity contribution < 1.29 is 0 Å². The van der Waals surface area contributed by atoms with Crippen molar-refractivity contribution in [1.82, 2.24) is 9.38 Å². The van der Waals surface area contributed by atoms with Crippen molar-refractivity contribution >= 4 is 11.5 Å². The molecule has 0 unspecified atom stereocenters. The van der Waals surface area contributed by atoms with E-state index in [1.54, 1.807) is 0 Å². The summed E-state index contributed by atoms with van der Waals surface area (Å²) < 4.78 is 2.17. The molecule has 0 amide bonds. The summed E-state index contributed by atoms with van der Waals surface area (Å²) >= 11 is 0. The first-order valence-electron chi connectivity index (χ1n) is 8.12. The third-order valence-electron chi connectivity index (χ3n) is 4.55. The number of nitrogens with zero attached hydrogens (tertiary/aromatic N) is 2. The molecule has 1 aliphatic carbocycles. The monoisotopic (exact) mass is 291 g/mol. The molecule has 4 rings (SSSR count). The number of hydrogen-bond donors (Lipinski definition) is 1. The molecule has 1 fully saturated rings. The number of hydrogen-bond acceptors (Lipinski definition) is 2. The van der Waals surface area contributed by atoms with E-state index in [0.29, 0.717) is 6.04 Å². The van der Waals surface area contributed by atoms with Gasteiger partial charge in [-0.3, -0.25) is 4.40 Å². The molecule has 0 spiro atoms. The first-order valence-corrected chi connectivity index (χ1v) is 8.12. The van der Waals surface area contributed by atoms with Gasteiger partial charge < -0.3 is 5.32 Å². The lowest BCUT2D eigenvalue weighted by Crippen LogP contribution is -2.16. The van der Waals surface area contributed by atoms with Crippen LogP contribution in [0.1, 0.15) is 31.2 Å². The second-order valence-electron chi connectivity index (χ2n) is 6.23. The van der Waals surface area contributed by atoms with E-state index in [2.05, 4.69) is 59.2 Å². The van der Waals surface area contributed by atoms with Gasteiger partial charge in [-0.2, -0.15) is 0 Å². The maximum Gasteiger partial charge on any atom is 0.139 e. The minimum absolute atomic E-state index is 0.573. The third-order valence-corrected chi connectivity index (χ3v) is 4.55. The Morgan fingerprint density at radius 1 is 1.05 bits per heavy atom. The Morgan fingerprint density at radius 2 is 1.82 bits per heavy atom. The van der Waals surface area contributed by atoms with Gasteiger partial charge in [0.1, 0.15) is 17.2 Å². The van der Waals surface area contributed by atoms with Gasteiger partial charge in [0.25, 0.3) is 0 Å². The van der Waals surface area contributed by atoms with Gasteiger partial charge in [0.15, 0.2) is 0 Å². The van der Waals surface area contributed by atoms with Crippen LogP contribution < -0.4 is 5.32 Å². The SMILES string of the molecule is Cc1ccc(-c2nc3ccccn3c2NC2CCCC2)cc1. The largest absolute Gasteiger partial charge is 0.367 e. The molecule has 1 N–H and O–H groups in total. The predicted octanol–water partition coefficient (Wildman–Crippen LogP) is 4.66. The maximum absolute atomic E-state index is 4.86. The summed E-state index contributed by atoms with van der Waals surface area (Å²) in [5.41, 5.74) is 4.50. The molecule has 2 aromatic heterocycles. The van der Waals surface area contributed by atoms with Gasteiger partial charge in [-0.1, -0.05) is 48.7 Å². The van der Waals surface area contributed by atoms with Gasteiger partial charge in [0.2, 0.25) is 0 Å². The Balaban J connectivity index is 1.83. The summed E-state index contributed by atoms with van der Waals surface area (Å²) in [5.74, 6) is 1.13. The Morgan fingerprint density at radius 3 is 2.59 bits per heavy atom. The topological polar surface area (TPSA) is 29.3 Å². The molecule has 3 heteroatoms. The Kier molecular flexibility index (Phi) is 3.34. The molecule has 22 heavy (non-hydrogen) atoms. The molecule has 1 saturated carbocycles. The highest BCUT2D eigenvalue weighted by Crippen LogP contribution is 2.31. The molecular weight excluding hydrogens is 270 g/mol.